The van der Waals surface area contributed by atoms with Gasteiger partial charge < -0.3 is 20.6 Å². The van der Waals surface area contributed by atoms with Crippen LogP contribution in [0.1, 0.15) is 43.2 Å². The zero-order valence-electron chi connectivity index (χ0n) is 21.6. The van der Waals surface area contributed by atoms with Crippen LogP contribution in [0.3, 0.4) is 0 Å². The van der Waals surface area contributed by atoms with Crippen molar-refractivity contribution >= 4 is 23.5 Å². The zero-order valence-corrected chi connectivity index (χ0v) is 21.6. The summed E-state index contributed by atoms with van der Waals surface area (Å²) >= 11 is 0. The summed E-state index contributed by atoms with van der Waals surface area (Å²) in [4.78, 5) is 54.2. The van der Waals surface area contributed by atoms with Gasteiger partial charge in [-0.3, -0.25) is 19.2 Å². The SMILES string of the molecule is O=C1NCC[C@H]1C[C@@H](NC(=O)[C@@H]1[C@@H]2CCC[C@@H]2CN1C(=O)C1(F)c2ccccc2-c2ccccc21)C(=O)CO. The number of hydrogen-bond acceptors (Lipinski definition) is 5. The van der Waals surface area contributed by atoms with Gasteiger partial charge in [0.2, 0.25) is 17.5 Å². The van der Waals surface area contributed by atoms with E-state index in [1.54, 1.807) is 36.4 Å². The van der Waals surface area contributed by atoms with Crippen LogP contribution < -0.4 is 10.6 Å². The number of halogens is 1. The maximum absolute atomic E-state index is 17.3. The number of amides is 3. The molecule has 3 N–H and O–H groups in total. The molecule has 5 atom stereocenters. The second-order valence-corrected chi connectivity index (χ2v) is 11.2. The number of Topliss-reactive ketones (excluding diaryl/α,β-unsaturated/α-hetero) is 1. The fraction of sp³-hybridized carbons (Fsp3) is 0.467. The molecule has 0 bridgehead atoms. The standard InChI is InChI=1S/C30H32FN3O5/c31-30(22-10-3-1-7-20(22)21-8-2-4-11-23(21)30)29(39)34-15-18-6-5-9-19(18)26(34)28(38)33-24(25(36)16-35)14-17-12-13-32-27(17)37/h1-4,7-8,10-11,17-19,24,26,35H,5-6,9,12-16H2,(H,32,37)(H,33,38)/t17-,18+,19+,24+,26-/m0/s1. The number of rotatable bonds is 7. The molecule has 3 fully saturated rings. The van der Waals surface area contributed by atoms with Crippen molar-refractivity contribution in [1.29, 1.82) is 0 Å². The summed E-state index contributed by atoms with van der Waals surface area (Å²) in [6.07, 6.45) is 3.08. The normalized spacial score (nSPS) is 26.9. The fourth-order valence-electron chi connectivity index (χ4n) is 7.25. The van der Waals surface area contributed by atoms with Crippen molar-refractivity contribution in [2.75, 3.05) is 19.7 Å². The Kier molecular flexibility index (Phi) is 6.49. The van der Waals surface area contributed by atoms with Crippen molar-refractivity contribution in [3.8, 4) is 11.1 Å². The van der Waals surface area contributed by atoms with Crippen LogP contribution in [0.4, 0.5) is 4.39 Å². The van der Waals surface area contributed by atoms with Crippen LogP contribution in [-0.2, 0) is 24.8 Å². The lowest BCUT2D eigenvalue weighted by molar-refractivity contribution is -0.148. The number of carbonyl (C=O) groups is 4. The molecule has 2 saturated heterocycles. The van der Waals surface area contributed by atoms with E-state index in [2.05, 4.69) is 10.6 Å². The Morgan fingerprint density at radius 2 is 1.72 bits per heavy atom. The molecular formula is C30H32FN3O5. The number of likely N-dealkylation sites (tertiary alicyclic amines) is 1. The minimum Gasteiger partial charge on any atom is -0.389 e. The number of aliphatic hydroxyl groups is 1. The first kappa shape index (κ1) is 25.7. The maximum atomic E-state index is 17.3. The van der Waals surface area contributed by atoms with Crippen LogP contribution >= 0.6 is 0 Å². The van der Waals surface area contributed by atoms with Crippen molar-refractivity contribution in [3.05, 3.63) is 59.7 Å². The fourth-order valence-corrected chi connectivity index (χ4v) is 7.25. The second-order valence-electron chi connectivity index (χ2n) is 11.2. The van der Waals surface area contributed by atoms with Gasteiger partial charge in [-0.1, -0.05) is 55.0 Å². The van der Waals surface area contributed by atoms with E-state index in [0.717, 1.165) is 19.3 Å². The highest BCUT2D eigenvalue weighted by Crippen LogP contribution is 2.52. The zero-order chi connectivity index (χ0) is 27.3. The van der Waals surface area contributed by atoms with Gasteiger partial charge in [-0.2, -0.15) is 0 Å². The molecule has 2 heterocycles. The lowest BCUT2D eigenvalue weighted by Crippen LogP contribution is -2.56. The molecule has 39 heavy (non-hydrogen) atoms. The van der Waals surface area contributed by atoms with Crippen LogP contribution in [0, 0.1) is 17.8 Å². The van der Waals surface area contributed by atoms with E-state index in [1.165, 1.54) is 4.90 Å². The number of fused-ring (bicyclic) bond motifs is 4. The van der Waals surface area contributed by atoms with Gasteiger partial charge in [0.25, 0.3) is 5.91 Å². The van der Waals surface area contributed by atoms with Crippen molar-refractivity contribution in [2.24, 2.45) is 17.8 Å². The number of carbonyl (C=O) groups excluding carboxylic acids is 4. The topological polar surface area (TPSA) is 116 Å². The van der Waals surface area contributed by atoms with Crippen molar-refractivity contribution in [3.63, 3.8) is 0 Å². The minimum atomic E-state index is -2.44. The molecule has 4 aliphatic rings. The average Bonchev–Trinajstić information content (AvgIpc) is 3.71. The van der Waals surface area contributed by atoms with Crippen LogP contribution in [0.15, 0.2) is 48.5 Å². The summed E-state index contributed by atoms with van der Waals surface area (Å²) in [5, 5.41) is 15.0. The molecule has 2 aromatic carbocycles. The molecule has 2 aliphatic heterocycles. The van der Waals surface area contributed by atoms with E-state index in [0.29, 0.717) is 24.1 Å². The molecule has 6 rings (SSSR count). The van der Waals surface area contributed by atoms with E-state index < -0.39 is 47.9 Å². The summed E-state index contributed by atoms with van der Waals surface area (Å²) in [5.74, 6) is -2.63. The Morgan fingerprint density at radius 3 is 2.33 bits per heavy atom. The first-order chi connectivity index (χ1) is 18.8. The smallest absolute Gasteiger partial charge is 0.270 e. The third kappa shape index (κ3) is 4.06. The highest BCUT2D eigenvalue weighted by Gasteiger charge is 2.58. The van der Waals surface area contributed by atoms with Gasteiger partial charge in [0, 0.05) is 30.1 Å². The van der Waals surface area contributed by atoms with E-state index >= 15 is 4.39 Å². The van der Waals surface area contributed by atoms with Gasteiger partial charge in [0.05, 0.1) is 6.04 Å². The predicted octanol–water partition coefficient (Wildman–Crippen LogP) is 2.08. The van der Waals surface area contributed by atoms with Gasteiger partial charge in [0.15, 0.2) is 5.78 Å². The van der Waals surface area contributed by atoms with E-state index in [1.807, 2.05) is 12.1 Å². The molecule has 9 heteroatoms. The number of nitrogens with one attached hydrogen (secondary N) is 2. The van der Waals surface area contributed by atoms with Crippen LogP contribution in [0.2, 0.25) is 0 Å². The van der Waals surface area contributed by atoms with Crippen LogP contribution in [0.5, 0.6) is 0 Å². The Bertz CT molecular complexity index is 1300. The van der Waals surface area contributed by atoms with Crippen LogP contribution in [0.25, 0.3) is 11.1 Å². The Morgan fingerprint density at radius 1 is 1.05 bits per heavy atom. The summed E-state index contributed by atoms with van der Waals surface area (Å²) in [7, 11) is 0. The molecule has 0 radical (unpaired) electrons. The largest absolute Gasteiger partial charge is 0.389 e. The molecule has 8 nitrogen and oxygen atoms in total. The van der Waals surface area contributed by atoms with Gasteiger partial charge in [-0.25, -0.2) is 4.39 Å². The molecule has 3 amide bonds. The number of ketones is 1. The maximum Gasteiger partial charge on any atom is 0.270 e. The van der Waals surface area contributed by atoms with Crippen molar-refractivity contribution in [2.45, 2.75) is 49.9 Å². The monoisotopic (exact) mass is 533 g/mol. The average molecular weight is 534 g/mol. The Labute approximate surface area is 225 Å². The Balaban J connectivity index is 1.32. The number of hydrogen-bond donors (Lipinski definition) is 3. The first-order valence-electron chi connectivity index (χ1n) is 13.8. The first-order valence-corrected chi connectivity index (χ1v) is 13.8. The molecule has 204 valence electrons. The second kappa shape index (κ2) is 9.86. The van der Waals surface area contributed by atoms with E-state index in [-0.39, 0.29) is 41.8 Å². The van der Waals surface area contributed by atoms with Gasteiger partial charge in [0.1, 0.15) is 12.6 Å². The molecular weight excluding hydrogens is 501 g/mol. The molecule has 0 aromatic heterocycles. The van der Waals surface area contributed by atoms with E-state index in [9.17, 15) is 24.3 Å². The van der Waals surface area contributed by atoms with E-state index in [4.69, 9.17) is 0 Å². The quantitative estimate of drug-likeness (QED) is 0.504. The van der Waals surface area contributed by atoms with Crippen LogP contribution in [-0.4, -0.2) is 65.3 Å². The number of nitrogens with zero attached hydrogens (tertiary/aromatic N) is 1. The highest BCUT2D eigenvalue weighted by atomic mass is 19.1. The molecule has 2 aromatic rings. The van der Waals surface area contributed by atoms with Crippen molar-refractivity contribution in [1.82, 2.24) is 15.5 Å². The predicted molar refractivity (Wildman–Crippen MR) is 140 cm³/mol. The summed E-state index contributed by atoms with van der Waals surface area (Å²) in [5.41, 5.74) is -0.575. The van der Waals surface area contributed by atoms with Gasteiger partial charge in [-0.05, 0) is 48.6 Å². The molecule has 0 spiro atoms. The lowest BCUT2D eigenvalue weighted by atomic mass is 9.90. The number of benzene rings is 2. The molecule has 2 aliphatic carbocycles. The number of alkyl halides is 1. The third-order valence-electron chi connectivity index (χ3n) is 9.15. The minimum absolute atomic E-state index is 0.0628. The Hall–Kier alpha value is -3.59. The summed E-state index contributed by atoms with van der Waals surface area (Å²) in [6.45, 7) is -0.0191. The lowest BCUT2D eigenvalue weighted by Gasteiger charge is -2.33. The summed E-state index contributed by atoms with van der Waals surface area (Å²) in [6, 6.07) is 11.9. The summed E-state index contributed by atoms with van der Waals surface area (Å²) < 4.78 is 17.3. The molecule has 1 saturated carbocycles. The number of aliphatic hydroxyl groups excluding tert-OH is 1. The highest BCUT2D eigenvalue weighted by molar-refractivity contribution is 6.01. The van der Waals surface area contributed by atoms with Crippen molar-refractivity contribution < 1.29 is 28.7 Å². The third-order valence-corrected chi connectivity index (χ3v) is 9.15. The molecule has 0 unspecified atom stereocenters. The van der Waals surface area contributed by atoms with Gasteiger partial charge >= 0.3 is 0 Å². The van der Waals surface area contributed by atoms with Gasteiger partial charge in [-0.15, -0.1) is 0 Å².